The number of carbonyl (C=O) groups excluding carboxylic acids is 2. The van der Waals surface area contributed by atoms with E-state index in [9.17, 15) is 9.59 Å². The first-order valence-electron chi connectivity index (χ1n) is 7.84. The average Bonchev–Trinajstić information content (AvgIpc) is 2.48. The standard InChI is InChI=1S/C16H24O6/c1-11(17)19-10-15-14(20-12(2)18)8-9-16(22-15)21-13-6-4-3-5-7-13/h8-9,13-16H,3-7,10H2,1-2H3/t14-,15+,16-/m0/s1. The van der Waals surface area contributed by atoms with Crippen LogP contribution in [0, 0.1) is 0 Å². The lowest BCUT2D eigenvalue weighted by atomic mass is 9.98. The van der Waals surface area contributed by atoms with Crippen LogP contribution in [0.15, 0.2) is 12.2 Å². The van der Waals surface area contributed by atoms with Crippen molar-refractivity contribution in [3.8, 4) is 0 Å². The van der Waals surface area contributed by atoms with Gasteiger partial charge in [-0.2, -0.15) is 0 Å². The summed E-state index contributed by atoms with van der Waals surface area (Å²) in [6, 6.07) is 0. The fourth-order valence-electron chi connectivity index (χ4n) is 2.73. The Kier molecular flexibility index (Phi) is 6.39. The van der Waals surface area contributed by atoms with E-state index in [1.165, 1.54) is 33.1 Å². The minimum Gasteiger partial charge on any atom is -0.463 e. The molecule has 3 atom stereocenters. The summed E-state index contributed by atoms with van der Waals surface area (Å²) >= 11 is 0. The van der Waals surface area contributed by atoms with Crippen molar-refractivity contribution in [2.45, 2.75) is 70.6 Å². The van der Waals surface area contributed by atoms with Crippen LogP contribution < -0.4 is 0 Å². The van der Waals surface area contributed by atoms with Crippen LogP contribution in [0.3, 0.4) is 0 Å². The Morgan fingerprint density at radius 1 is 1.09 bits per heavy atom. The van der Waals surface area contributed by atoms with E-state index >= 15 is 0 Å². The zero-order valence-electron chi connectivity index (χ0n) is 13.2. The zero-order valence-corrected chi connectivity index (χ0v) is 13.2. The Morgan fingerprint density at radius 2 is 1.82 bits per heavy atom. The van der Waals surface area contributed by atoms with Gasteiger partial charge < -0.3 is 18.9 Å². The molecule has 124 valence electrons. The van der Waals surface area contributed by atoms with Gasteiger partial charge in [0.25, 0.3) is 0 Å². The van der Waals surface area contributed by atoms with Gasteiger partial charge in [0.2, 0.25) is 0 Å². The van der Waals surface area contributed by atoms with Crippen LogP contribution in [0.2, 0.25) is 0 Å². The second-order valence-electron chi connectivity index (χ2n) is 5.70. The van der Waals surface area contributed by atoms with E-state index in [-0.39, 0.29) is 12.7 Å². The Hall–Kier alpha value is -1.40. The summed E-state index contributed by atoms with van der Waals surface area (Å²) in [5.41, 5.74) is 0. The molecular weight excluding hydrogens is 288 g/mol. The van der Waals surface area contributed by atoms with Gasteiger partial charge in [0, 0.05) is 13.8 Å². The van der Waals surface area contributed by atoms with E-state index in [0.717, 1.165) is 12.8 Å². The monoisotopic (exact) mass is 312 g/mol. The largest absolute Gasteiger partial charge is 0.463 e. The summed E-state index contributed by atoms with van der Waals surface area (Å²) in [5.74, 6) is -0.804. The van der Waals surface area contributed by atoms with Gasteiger partial charge in [0.1, 0.15) is 18.8 Å². The van der Waals surface area contributed by atoms with Crippen LogP contribution >= 0.6 is 0 Å². The maximum Gasteiger partial charge on any atom is 0.303 e. The normalized spacial score (nSPS) is 29.1. The fourth-order valence-corrected chi connectivity index (χ4v) is 2.73. The quantitative estimate of drug-likeness (QED) is 0.572. The highest BCUT2D eigenvalue weighted by Crippen LogP contribution is 2.25. The van der Waals surface area contributed by atoms with Crippen molar-refractivity contribution in [1.29, 1.82) is 0 Å². The number of ether oxygens (including phenoxy) is 4. The molecule has 0 spiro atoms. The Labute approximate surface area is 130 Å². The number of hydrogen-bond acceptors (Lipinski definition) is 6. The van der Waals surface area contributed by atoms with Crippen molar-refractivity contribution >= 4 is 11.9 Å². The third-order valence-electron chi connectivity index (χ3n) is 3.76. The zero-order chi connectivity index (χ0) is 15.9. The smallest absolute Gasteiger partial charge is 0.303 e. The van der Waals surface area contributed by atoms with E-state index in [2.05, 4.69) is 0 Å². The molecule has 1 aliphatic carbocycles. The predicted octanol–water partition coefficient (Wildman–Crippen LogP) is 2.11. The Balaban J connectivity index is 1.93. The maximum atomic E-state index is 11.1. The van der Waals surface area contributed by atoms with E-state index in [4.69, 9.17) is 18.9 Å². The SMILES string of the molecule is CC(=O)OC[C@H]1O[C@H](OC2CCCCC2)C=C[C@@H]1OC(C)=O. The molecule has 1 saturated carbocycles. The van der Waals surface area contributed by atoms with Crippen LogP contribution in [0.4, 0.5) is 0 Å². The molecule has 2 aliphatic rings. The minimum atomic E-state index is -0.567. The van der Waals surface area contributed by atoms with Crippen molar-refractivity contribution in [3.05, 3.63) is 12.2 Å². The van der Waals surface area contributed by atoms with Gasteiger partial charge in [-0.3, -0.25) is 9.59 Å². The average molecular weight is 312 g/mol. The first-order chi connectivity index (χ1) is 10.5. The number of hydrogen-bond donors (Lipinski definition) is 0. The summed E-state index contributed by atoms with van der Waals surface area (Å²) < 4.78 is 21.9. The van der Waals surface area contributed by atoms with Crippen molar-refractivity contribution < 1.29 is 28.5 Å². The van der Waals surface area contributed by atoms with E-state index in [1.807, 2.05) is 0 Å². The maximum absolute atomic E-state index is 11.1. The second-order valence-corrected chi connectivity index (χ2v) is 5.70. The van der Waals surface area contributed by atoms with Gasteiger partial charge in [-0.15, -0.1) is 0 Å². The Bertz CT molecular complexity index is 413. The lowest BCUT2D eigenvalue weighted by Gasteiger charge is -2.33. The molecule has 6 nitrogen and oxygen atoms in total. The molecule has 0 radical (unpaired) electrons. The van der Waals surface area contributed by atoms with Crippen LogP contribution in [-0.4, -0.2) is 43.1 Å². The summed E-state index contributed by atoms with van der Waals surface area (Å²) in [6.07, 6.45) is 7.77. The lowest BCUT2D eigenvalue weighted by Crippen LogP contribution is -2.43. The molecule has 1 heterocycles. The molecule has 6 heteroatoms. The lowest BCUT2D eigenvalue weighted by molar-refractivity contribution is -0.212. The van der Waals surface area contributed by atoms with Gasteiger partial charge in [-0.25, -0.2) is 0 Å². The number of carbonyl (C=O) groups is 2. The van der Waals surface area contributed by atoms with Crippen molar-refractivity contribution in [2.75, 3.05) is 6.61 Å². The van der Waals surface area contributed by atoms with Gasteiger partial charge in [-0.05, 0) is 25.0 Å². The molecule has 1 fully saturated rings. The number of esters is 2. The van der Waals surface area contributed by atoms with E-state index < -0.39 is 30.4 Å². The topological polar surface area (TPSA) is 71.1 Å². The fraction of sp³-hybridized carbons (Fsp3) is 0.750. The van der Waals surface area contributed by atoms with E-state index in [0.29, 0.717) is 0 Å². The van der Waals surface area contributed by atoms with Crippen LogP contribution in [-0.2, 0) is 28.5 Å². The molecule has 0 aromatic heterocycles. The molecule has 0 aromatic carbocycles. The summed E-state index contributed by atoms with van der Waals surface area (Å²) in [7, 11) is 0. The van der Waals surface area contributed by atoms with E-state index in [1.54, 1.807) is 12.2 Å². The highest BCUT2D eigenvalue weighted by Gasteiger charge is 2.32. The third kappa shape index (κ3) is 5.42. The first kappa shape index (κ1) is 17.0. The van der Waals surface area contributed by atoms with Gasteiger partial charge in [0.05, 0.1) is 6.10 Å². The third-order valence-corrected chi connectivity index (χ3v) is 3.76. The molecule has 2 rings (SSSR count). The molecule has 0 aromatic rings. The molecule has 0 bridgehead atoms. The van der Waals surface area contributed by atoms with Crippen molar-refractivity contribution in [3.63, 3.8) is 0 Å². The van der Waals surface area contributed by atoms with Crippen LogP contribution in [0.1, 0.15) is 46.0 Å². The van der Waals surface area contributed by atoms with Gasteiger partial charge in [-0.1, -0.05) is 19.3 Å². The summed E-state index contributed by atoms with van der Waals surface area (Å²) in [5, 5.41) is 0. The highest BCUT2D eigenvalue weighted by molar-refractivity contribution is 5.66. The molecule has 0 saturated heterocycles. The van der Waals surface area contributed by atoms with Crippen molar-refractivity contribution in [1.82, 2.24) is 0 Å². The predicted molar refractivity (Wildman–Crippen MR) is 77.9 cm³/mol. The molecule has 0 amide bonds. The summed E-state index contributed by atoms with van der Waals surface area (Å²) in [6.45, 7) is 2.69. The van der Waals surface area contributed by atoms with Crippen LogP contribution in [0.5, 0.6) is 0 Å². The molecule has 0 N–H and O–H groups in total. The molecule has 1 aliphatic heterocycles. The Morgan fingerprint density at radius 3 is 2.45 bits per heavy atom. The van der Waals surface area contributed by atoms with Crippen LogP contribution in [0.25, 0.3) is 0 Å². The van der Waals surface area contributed by atoms with Gasteiger partial charge >= 0.3 is 11.9 Å². The molecule has 22 heavy (non-hydrogen) atoms. The first-order valence-corrected chi connectivity index (χ1v) is 7.84. The summed E-state index contributed by atoms with van der Waals surface area (Å²) in [4.78, 5) is 22.1. The minimum absolute atomic E-state index is 0.0299. The molecule has 0 unspecified atom stereocenters. The molecular formula is C16H24O6. The van der Waals surface area contributed by atoms with Gasteiger partial charge in [0.15, 0.2) is 6.29 Å². The number of rotatable bonds is 5. The highest BCUT2D eigenvalue weighted by atomic mass is 16.7. The van der Waals surface area contributed by atoms with Crippen molar-refractivity contribution in [2.24, 2.45) is 0 Å². The second kappa shape index (κ2) is 8.29.